The molecule has 0 radical (unpaired) electrons. The van der Waals surface area contributed by atoms with Gasteiger partial charge in [0.25, 0.3) is 0 Å². The lowest BCUT2D eigenvalue weighted by atomic mass is 9.98. The smallest absolute Gasteiger partial charge is 0.407 e. The Labute approximate surface area is 179 Å². The van der Waals surface area contributed by atoms with E-state index >= 15 is 0 Å². The van der Waals surface area contributed by atoms with Crippen LogP contribution in [0.15, 0.2) is 59.6 Å². The zero-order valence-electron chi connectivity index (χ0n) is 15.9. The highest BCUT2D eigenvalue weighted by atomic mass is 35.5. The summed E-state index contributed by atoms with van der Waals surface area (Å²) in [4.78, 5) is 23.7. The number of nitrogens with one attached hydrogen (secondary N) is 1. The van der Waals surface area contributed by atoms with Gasteiger partial charge in [-0.15, -0.1) is 0 Å². The first-order chi connectivity index (χ1) is 14.0. The lowest BCUT2D eigenvalue weighted by molar-refractivity contribution is -0.138. The molecule has 0 spiro atoms. The first-order valence-electron chi connectivity index (χ1n) is 9.19. The van der Waals surface area contributed by atoms with E-state index in [1.807, 2.05) is 43.3 Å². The topological polar surface area (TPSA) is 75.6 Å². The number of carbonyl (C=O) groups excluding carboxylic acids is 1. The first kappa shape index (κ1) is 21.3. The molecule has 0 bridgehead atoms. The minimum atomic E-state index is -1.10. The predicted molar refractivity (Wildman–Crippen MR) is 117 cm³/mol. The highest BCUT2D eigenvalue weighted by Gasteiger charge is 2.29. The van der Waals surface area contributed by atoms with E-state index in [0.717, 1.165) is 27.8 Å². The predicted octanol–water partition coefficient (Wildman–Crippen LogP) is 4.85. The Hall–Kier alpha value is -2.44. The molecule has 0 aromatic heterocycles. The number of ether oxygens (including phenoxy) is 1. The highest BCUT2D eigenvalue weighted by Crippen LogP contribution is 2.44. The molecule has 0 saturated heterocycles. The van der Waals surface area contributed by atoms with E-state index in [1.165, 1.54) is 17.3 Å². The number of aliphatic carboxylic acids is 1. The Morgan fingerprint density at radius 2 is 1.76 bits per heavy atom. The number of amides is 1. The molecule has 5 nitrogen and oxygen atoms in total. The number of alkyl carbamates (subject to hydrolysis) is 1. The van der Waals surface area contributed by atoms with Gasteiger partial charge in [-0.2, -0.15) is 11.8 Å². The Balaban J connectivity index is 1.60. The van der Waals surface area contributed by atoms with E-state index in [0.29, 0.717) is 5.75 Å². The second-order valence-corrected chi connectivity index (χ2v) is 8.08. The van der Waals surface area contributed by atoms with Gasteiger partial charge in [0.2, 0.25) is 0 Å². The summed E-state index contributed by atoms with van der Waals surface area (Å²) in [5, 5.41) is 11.8. The maximum atomic E-state index is 12.3. The van der Waals surface area contributed by atoms with Crippen LogP contribution in [0.4, 0.5) is 4.79 Å². The third kappa shape index (κ3) is 5.14. The summed E-state index contributed by atoms with van der Waals surface area (Å²) in [6.45, 7) is 2.00. The average Bonchev–Trinajstić information content (AvgIpc) is 3.05. The number of carbonyl (C=O) groups is 2. The summed E-state index contributed by atoms with van der Waals surface area (Å²) in [7, 11) is 0. The van der Waals surface area contributed by atoms with Crippen molar-refractivity contribution >= 4 is 35.4 Å². The van der Waals surface area contributed by atoms with Gasteiger partial charge in [-0.3, -0.25) is 0 Å². The van der Waals surface area contributed by atoms with Crippen LogP contribution in [0.5, 0.6) is 0 Å². The Bertz CT molecular complexity index is 885. The zero-order valence-corrected chi connectivity index (χ0v) is 17.5. The minimum absolute atomic E-state index is 0.0673. The number of hydrogen-bond acceptors (Lipinski definition) is 4. The van der Waals surface area contributed by atoms with Gasteiger partial charge >= 0.3 is 12.1 Å². The maximum Gasteiger partial charge on any atom is 0.407 e. The molecule has 0 heterocycles. The molecule has 1 aliphatic carbocycles. The van der Waals surface area contributed by atoms with Crippen LogP contribution >= 0.6 is 23.4 Å². The lowest BCUT2D eigenvalue weighted by Gasteiger charge is -2.17. The third-order valence-corrected chi connectivity index (χ3v) is 6.34. The fourth-order valence-corrected chi connectivity index (χ4v) is 4.48. The second-order valence-electron chi connectivity index (χ2n) is 6.83. The van der Waals surface area contributed by atoms with Crippen LogP contribution in [-0.2, 0) is 9.53 Å². The average molecular weight is 432 g/mol. The van der Waals surface area contributed by atoms with Gasteiger partial charge < -0.3 is 15.2 Å². The number of fused-ring (bicyclic) bond motifs is 3. The van der Waals surface area contributed by atoms with Gasteiger partial charge in [0, 0.05) is 23.0 Å². The highest BCUT2D eigenvalue weighted by molar-refractivity contribution is 7.99. The maximum absolute atomic E-state index is 12.3. The molecule has 2 aromatic rings. The molecule has 0 saturated carbocycles. The number of thioether (sulfide) groups is 1. The number of rotatable bonds is 8. The van der Waals surface area contributed by atoms with Crippen molar-refractivity contribution in [3.63, 3.8) is 0 Å². The summed E-state index contributed by atoms with van der Waals surface area (Å²) < 4.78 is 5.41. The molecule has 7 heteroatoms. The van der Waals surface area contributed by atoms with E-state index in [1.54, 1.807) is 0 Å². The van der Waals surface area contributed by atoms with Crippen molar-refractivity contribution in [2.75, 3.05) is 18.1 Å². The fraction of sp³-hybridized carbons (Fsp3) is 0.273. The quantitative estimate of drug-likeness (QED) is 0.624. The molecule has 0 fully saturated rings. The molecule has 2 N–H and O–H groups in total. The lowest BCUT2D eigenvalue weighted by Crippen LogP contribution is -2.43. The third-order valence-electron chi connectivity index (χ3n) is 4.73. The van der Waals surface area contributed by atoms with Gasteiger partial charge in [-0.1, -0.05) is 65.7 Å². The van der Waals surface area contributed by atoms with Crippen LogP contribution in [0.25, 0.3) is 11.1 Å². The van der Waals surface area contributed by atoms with Crippen molar-refractivity contribution < 1.29 is 19.4 Å². The van der Waals surface area contributed by atoms with Gasteiger partial charge in [-0.05, 0) is 29.2 Å². The van der Waals surface area contributed by atoms with E-state index in [9.17, 15) is 14.7 Å². The number of hydrogen-bond donors (Lipinski definition) is 2. The van der Waals surface area contributed by atoms with Crippen molar-refractivity contribution in [2.45, 2.75) is 18.9 Å². The molecule has 152 valence electrons. The molecule has 2 aromatic carbocycles. The molecule has 1 aliphatic rings. The number of carboxylic acid groups (broad SMARTS) is 1. The standard InChI is InChI=1S/C22H22ClNO4S/c1-14(10-23)12-29-13-20(21(25)26)24-22(27)28-11-19-17-8-4-2-6-15(17)16-7-3-5-9-18(16)19/h2-10,19-20H,11-13H2,1H3,(H,24,27)(H,25,26)/b14-10-. The van der Waals surface area contributed by atoms with Crippen LogP contribution in [0.2, 0.25) is 0 Å². The molecular weight excluding hydrogens is 410 g/mol. The van der Waals surface area contributed by atoms with E-state index < -0.39 is 18.1 Å². The minimum Gasteiger partial charge on any atom is -0.480 e. The number of halogens is 1. The Kier molecular flexibility index (Phi) is 7.23. The summed E-state index contributed by atoms with van der Waals surface area (Å²) in [5.74, 6) is -0.345. The van der Waals surface area contributed by atoms with E-state index in [4.69, 9.17) is 16.3 Å². The van der Waals surface area contributed by atoms with Crippen molar-refractivity contribution in [1.29, 1.82) is 0 Å². The van der Waals surface area contributed by atoms with Crippen molar-refractivity contribution in [3.8, 4) is 11.1 Å². The van der Waals surface area contributed by atoms with Crippen LogP contribution in [0.1, 0.15) is 24.0 Å². The Morgan fingerprint density at radius 1 is 1.17 bits per heavy atom. The zero-order chi connectivity index (χ0) is 20.8. The van der Waals surface area contributed by atoms with Gasteiger partial charge in [0.15, 0.2) is 0 Å². The molecule has 1 atom stereocenters. The summed E-state index contributed by atoms with van der Waals surface area (Å²) >= 11 is 6.99. The van der Waals surface area contributed by atoms with Crippen LogP contribution in [0.3, 0.4) is 0 Å². The van der Waals surface area contributed by atoms with Crippen molar-refractivity contribution in [2.24, 2.45) is 0 Å². The van der Waals surface area contributed by atoms with Crippen LogP contribution in [-0.4, -0.2) is 41.3 Å². The monoisotopic (exact) mass is 431 g/mol. The fourth-order valence-electron chi connectivity index (χ4n) is 3.33. The number of carboxylic acids is 1. The summed E-state index contributed by atoms with van der Waals surface area (Å²) in [6.07, 6.45) is -0.732. The van der Waals surface area contributed by atoms with Crippen molar-refractivity contribution in [3.05, 3.63) is 70.8 Å². The Morgan fingerprint density at radius 3 is 2.31 bits per heavy atom. The summed E-state index contributed by atoms with van der Waals surface area (Å²) in [6, 6.07) is 15.1. The largest absolute Gasteiger partial charge is 0.480 e. The summed E-state index contributed by atoms with van der Waals surface area (Å²) in [5.41, 5.74) is 6.88. The normalized spacial score (nSPS) is 14.1. The molecule has 1 unspecified atom stereocenters. The van der Waals surface area contributed by atoms with Gasteiger partial charge in [0.05, 0.1) is 0 Å². The molecule has 29 heavy (non-hydrogen) atoms. The van der Waals surface area contributed by atoms with Gasteiger partial charge in [0.1, 0.15) is 12.6 Å². The van der Waals surface area contributed by atoms with Crippen molar-refractivity contribution in [1.82, 2.24) is 5.32 Å². The SMILES string of the molecule is C/C(=C/Cl)CSCC(NC(=O)OCC1c2ccccc2-c2ccccc21)C(=O)O. The second kappa shape index (κ2) is 9.85. The molecule has 1 amide bonds. The number of benzene rings is 2. The van der Waals surface area contributed by atoms with Gasteiger partial charge in [-0.25, -0.2) is 9.59 Å². The molecular formula is C22H22ClNO4S. The molecule has 0 aliphatic heterocycles. The van der Waals surface area contributed by atoms with Crippen LogP contribution in [0, 0.1) is 0 Å². The molecule has 3 rings (SSSR count). The first-order valence-corrected chi connectivity index (χ1v) is 10.8. The van der Waals surface area contributed by atoms with E-state index in [-0.39, 0.29) is 18.3 Å². The van der Waals surface area contributed by atoms with Crippen LogP contribution < -0.4 is 5.32 Å². The van der Waals surface area contributed by atoms with E-state index in [2.05, 4.69) is 17.4 Å².